The normalized spacial score (nSPS) is 13.7. The topological polar surface area (TPSA) is 84.3 Å². The van der Waals surface area contributed by atoms with Crippen molar-refractivity contribution in [1.82, 2.24) is 13.9 Å². The number of rotatable bonds is 7. The van der Waals surface area contributed by atoms with E-state index < -0.39 is 26.6 Å². The molecule has 1 aliphatic rings. The van der Waals surface area contributed by atoms with Gasteiger partial charge in [0.1, 0.15) is 16.5 Å². The number of hydrogen-bond acceptors (Lipinski definition) is 4. The fourth-order valence-electron chi connectivity index (χ4n) is 4.02. The number of carbonyl (C=O) groups excluding carboxylic acids is 1. The molecule has 3 aromatic rings. The third kappa shape index (κ3) is 4.69. The molecule has 1 N–H and O–H groups in total. The Morgan fingerprint density at radius 3 is 2.52 bits per heavy atom. The first-order valence-corrected chi connectivity index (χ1v) is 12.5. The van der Waals surface area contributed by atoms with E-state index in [4.69, 9.17) is 4.98 Å². The SMILES string of the molecule is CCN(CC)S(=O)(=O)c1cc(C(=O)Nc2ccc(-c3cn4c(n3)CCCC4)cc2)ccc1F. The molecule has 0 unspecified atom stereocenters. The predicted molar refractivity (Wildman–Crippen MR) is 125 cm³/mol. The van der Waals surface area contributed by atoms with E-state index in [9.17, 15) is 17.6 Å². The van der Waals surface area contributed by atoms with Crippen LogP contribution >= 0.6 is 0 Å². The Bertz CT molecular complexity index is 1240. The van der Waals surface area contributed by atoms with Crippen LogP contribution in [0.1, 0.15) is 42.9 Å². The van der Waals surface area contributed by atoms with Gasteiger partial charge in [0.25, 0.3) is 5.91 Å². The molecule has 33 heavy (non-hydrogen) atoms. The Kier molecular flexibility index (Phi) is 6.62. The van der Waals surface area contributed by atoms with Crippen molar-refractivity contribution in [3.05, 3.63) is 65.9 Å². The average molecular weight is 471 g/mol. The zero-order chi connectivity index (χ0) is 23.6. The highest BCUT2D eigenvalue weighted by molar-refractivity contribution is 7.89. The molecule has 1 amide bonds. The van der Waals surface area contributed by atoms with E-state index in [1.807, 2.05) is 12.1 Å². The van der Waals surface area contributed by atoms with Crippen molar-refractivity contribution in [1.29, 1.82) is 0 Å². The first-order chi connectivity index (χ1) is 15.8. The van der Waals surface area contributed by atoms with Gasteiger partial charge in [0, 0.05) is 49.1 Å². The van der Waals surface area contributed by atoms with Crippen molar-refractivity contribution in [3.63, 3.8) is 0 Å². The molecule has 4 rings (SSSR count). The van der Waals surface area contributed by atoms with Crippen molar-refractivity contribution in [3.8, 4) is 11.3 Å². The Hall–Kier alpha value is -3.04. The van der Waals surface area contributed by atoms with Crippen LogP contribution in [0.2, 0.25) is 0 Å². The standard InChI is InChI=1S/C24H27FN4O3S/c1-3-29(4-2)33(31,32)22-15-18(10-13-20(22)25)24(30)26-19-11-8-17(9-12-19)21-16-28-14-6-5-7-23(28)27-21/h8-13,15-16H,3-7,14H2,1-2H3,(H,26,30). The van der Waals surface area contributed by atoms with Gasteiger partial charge < -0.3 is 9.88 Å². The lowest BCUT2D eigenvalue weighted by Crippen LogP contribution is -2.31. The van der Waals surface area contributed by atoms with Crippen LogP contribution in [0.15, 0.2) is 53.6 Å². The number of aromatic nitrogens is 2. The minimum atomic E-state index is -4.03. The maximum atomic E-state index is 14.3. The van der Waals surface area contributed by atoms with Gasteiger partial charge in [-0.2, -0.15) is 4.31 Å². The number of imidazole rings is 1. The van der Waals surface area contributed by atoms with Gasteiger partial charge in [-0.15, -0.1) is 0 Å². The van der Waals surface area contributed by atoms with Gasteiger partial charge in [-0.3, -0.25) is 4.79 Å². The van der Waals surface area contributed by atoms with Crippen LogP contribution in [0.4, 0.5) is 10.1 Å². The molecule has 2 aromatic carbocycles. The van der Waals surface area contributed by atoms with Crippen molar-refractivity contribution in [2.75, 3.05) is 18.4 Å². The lowest BCUT2D eigenvalue weighted by atomic mass is 10.1. The molecule has 0 fully saturated rings. The number of halogens is 1. The molecule has 2 heterocycles. The number of carbonyl (C=O) groups is 1. The Morgan fingerprint density at radius 2 is 1.85 bits per heavy atom. The molecule has 174 valence electrons. The Morgan fingerprint density at radius 1 is 1.12 bits per heavy atom. The summed E-state index contributed by atoms with van der Waals surface area (Å²) in [4.78, 5) is 16.9. The fourth-order valence-corrected chi connectivity index (χ4v) is 5.57. The van der Waals surface area contributed by atoms with Gasteiger partial charge in [-0.05, 0) is 43.2 Å². The van der Waals surface area contributed by atoms with Crippen LogP contribution in [-0.4, -0.2) is 41.3 Å². The smallest absolute Gasteiger partial charge is 0.255 e. The Balaban J connectivity index is 1.52. The number of sulfonamides is 1. The lowest BCUT2D eigenvalue weighted by molar-refractivity contribution is 0.102. The highest BCUT2D eigenvalue weighted by Gasteiger charge is 2.26. The number of anilines is 1. The van der Waals surface area contributed by atoms with Gasteiger partial charge in [-0.25, -0.2) is 17.8 Å². The average Bonchev–Trinajstić information content (AvgIpc) is 3.24. The molecular weight excluding hydrogens is 443 g/mol. The molecule has 0 radical (unpaired) electrons. The molecule has 0 saturated heterocycles. The maximum Gasteiger partial charge on any atom is 0.255 e. The molecule has 7 nitrogen and oxygen atoms in total. The summed E-state index contributed by atoms with van der Waals surface area (Å²) in [5.74, 6) is -0.304. The molecule has 0 saturated carbocycles. The van der Waals surface area contributed by atoms with E-state index in [1.165, 1.54) is 6.07 Å². The number of nitrogens with one attached hydrogen (secondary N) is 1. The van der Waals surface area contributed by atoms with Gasteiger partial charge in [-0.1, -0.05) is 26.0 Å². The first kappa shape index (κ1) is 23.1. The summed E-state index contributed by atoms with van der Waals surface area (Å²) in [6.45, 7) is 4.76. The third-order valence-corrected chi connectivity index (χ3v) is 7.93. The van der Waals surface area contributed by atoms with Crippen molar-refractivity contribution >= 4 is 21.6 Å². The minimum absolute atomic E-state index is 0.0629. The number of hydrogen-bond donors (Lipinski definition) is 1. The summed E-state index contributed by atoms with van der Waals surface area (Å²) >= 11 is 0. The van der Waals surface area contributed by atoms with Gasteiger partial charge in [0.05, 0.1) is 5.69 Å². The second-order valence-corrected chi connectivity index (χ2v) is 9.87. The molecule has 0 spiro atoms. The fraction of sp³-hybridized carbons (Fsp3) is 0.333. The van der Waals surface area contributed by atoms with Crippen LogP contribution in [0.5, 0.6) is 0 Å². The molecule has 1 aliphatic heterocycles. The molecule has 0 atom stereocenters. The second kappa shape index (κ2) is 9.44. The van der Waals surface area contributed by atoms with E-state index in [2.05, 4.69) is 16.1 Å². The molecule has 1 aromatic heterocycles. The predicted octanol–water partition coefficient (Wildman–Crippen LogP) is 4.31. The molecule has 0 bridgehead atoms. The highest BCUT2D eigenvalue weighted by atomic mass is 32.2. The van der Waals surface area contributed by atoms with Crippen LogP contribution in [0.3, 0.4) is 0 Å². The third-order valence-electron chi connectivity index (χ3n) is 5.86. The van der Waals surface area contributed by atoms with E-state index in [1.54, 1.807) is 26.0 Å². The highest BCUT2D eigenvalue weighted by Crippen LogP contribution is 2.25. The number of amides is 1. The minimum Gasteiger partial charge on any atom is -0.334 e. The molecule has 9 heteroatoms. The summed E-state index contributed by atoms with van der Waals surface area (Å²) in [5, 5.41) is 2.75. The van der Waals surface area contributed by atoms with Crippen molar-refractivity contribution in [2.45, 2.75) is 44.6 Å². The number of nitrogens with zero attached hydrogens (tertiary/aromatic N) is 3. The van der Waals surface area contributed by atoms with E-state index in [-0.39, 0.29) is 18.7 Å². The molecular formula is C24H27FN4O3S. The number of benzene rings is 2. The largest absolute Gasteiger partial charge is 0.334 e. The lowest BCUT2D eigenvalue weighted by Gasteiger charge is -2.19. The number of fused-ring (bicyclic) bond motifs is 1. The quantitative estimate of drug-likeness (QED) is 0.558. The second-order valence-electron chi connectivity index (χ2n) is 7.96. The van der Waals surface area contributed by atoms with Crippen LogP contribution < -0.4 is 5.32 Å². The first-order valence-electron chi connectivity index (χ1n) is 11.1. The van der Waals surface area contributed by atoms with Gasteiger partial charge in [0.2, 0.25) is 10.0 Å². The van der Waals surface area contributed by atoms with Crippen molar-refractivity contribution in [2.24, 2.45) is 0 Å². The monoisotopic (exact) mass is 470 g/mol. The van der Waals surface area contributed by atoms with E-state index in [0.717, 1.165) is 59.3 Å². The van der Waals surface area contributed by atoms with Gasteiger partial charge in [0.15, 0.2) is 0 Å². The number of aryl methyl sites for hydroxylation is 2. The zero-order valence-corrected chi connectivity index (χ0v) is 19.5. The van der Waals surface area contributed by atoms with Crippen LogP contribution in [0, 0.1) is 5.82 Å². The van der Waals surface area contributed by atoms with Gasteiger partial charge >= 0.3 is 0 Å². The van der Waals surface area contributed by atoms with Crippen molar-refractivity contribution < 1.29 is 17.6 Å². The van der Waals surface area contributed by atoms with Crippen LogP contribution in [-0.2, 0) is 23.0 Å². The van der Waals surface area contributed by atoms with E-state index >= 15 is 0 Å². The summed E-state index contributed by atoms with van der Waals surface area (Å²) in [7, 11) is -4.03. The summed E-state index contributed by atoms with van der Waals surface area (Å²) in [6, 6.07) is 10.7. The van der Waals surface area contributed by atoms with E-state index in [0.29, 0.717) is 5.69 Å². The Labute approximate surface area is 193 Å². The van der Waals surface area contributed by atoms with Crippen LogP contribution in [0.25, 0.3) is 11.3 Å². The summed E-state index contributed by atoms with van der Waals surface area (Å²) in [6.07, 6.45) is 5.36. The summed E-state index contributed by atoms with van der Waals surface area (Å²) < 4.78 is 43.2. The molecule has 0 aliphatic carbocycles. The zero-order valence-electron chi connectivity index (χ0n) is 18.7. The summed E-state index contributed by atoms with van der Waals surface area (Å²) in [5.41, 5.74) is 2.46. The maximum absolute atomic E-state index is 14.3.